The number of nitrogens with zero attached hydrogens (tertiary/aromatic N) is 3. The molecule has 196 valence electrons. The second-order valence-corrected chi connectivity index (χ2v) is 10.1. The number of aliphatic hydroxyl groups is 1. The Hall–Kier alpha value is -3.91. The molecule has 1 aromatic carbocycles. The number of pyridine rings is 1. The molecule has 1 aliphatic rings. The van der Waals surface area contributed by atoms with Gasteiger partial charge in [-0.05, 0) is 50.1 Å². The van der Waals surface area contributed by atoms with E-state index in [0.717, 1.165) is 40.7 Å². The number of aromatic nitrogens is 2. The molecule has 10 heteroatoms. The maximum atomic E-state index is 13.3. The number of thiophene rings is 1. The van der Waals surface area contributed by atoms with Crippen molar-refractivity contribution in [3.63, 3.8) is 0 Å². The SMILES string of the molecule is COC[C@@H]1CCCN1C(=O)c1cc2nccc(Oc3ccc4c(c3)cc(C)n4C(=O)NCC#CCO)c2s1. The lowest BCUT2D eigenvalue weighted by Gasteiger charge is -2.23. The van der Waals surface area contributed by atoms with E-state index in [4.69, 9.17) is 14.6 Å². The molecule has 1 atom stereocenters. The van der Waals surface area contributed by atoms with Crippen molar-refractivity contribution in [2.45, 2.75) is 25.8 Å². The highest BCUT2D eigenvalue weighted by molar-refractivity contribution is 7.21. The highest BCUT2D eigenvalue weighted by Crippen LogP contribution is 2.37. The molecule has 2 N–H and O–H groups in total. The third-order valence-electron chi connectivity index (χ3n) is 6.50. The number of carbonyl (C=O) groups excluding carboxylic acids is 2. The summed E-state index contributed by atoms with van der Waals surface area (Å²) in [6, 6.07) is 10.9. The third kappa shape index (κ3) is 5.09. The summed E-state index contributed by atoms with van der Waals surface area (Å²) < 4.78 is 13.9. The van der Waals surface area contributed by atoms with Gasteiger partial charge < -0.3 is 24.8 Å². The minimum Gasteiger partial charge on any atom is -0.456 e. The van der Waals surface area contributed by atoms with E-state index in [9.17, 15) is 9.59 Å². The summed E-state index contributed by atoms with van der Waals surface area (Å²) in [5.41, 5.74) is 2.22. The number of rotatable bonds is 6. The van der Waals surface area contributed by atoms with Gasteiger partial charge in [0, 0.05) is 37.0 Å². The van der Waals surface area contributed by atoms with E-state index in [1.807, 2.05) is 42.2 Å². The van der Waals surface area contributed by atoms with Gasteiger partial charge >= 0.3 is 6.03 Å². The van der Waals surface area contributed by atoms with Crippen LogP contribution >= 0.6 is 11.3 Å². The van der Waals surface area contributed by atoms with Crippen LogP contribution in [-0.4, -0.2) is 71.0 Å². The molecule has 0 aliphatic carbocycles. The van der Waals surface area contributed by atoms with E-state index in [1.165, 1.54) is 11.3 Å². The Labute approximate surface area is 224 Å². The Kier molecular flexibility index (Phi) is 7.60. The molecule has 0 bridgehead atoms. The molecule has 0 radical (unpaired) electrons. The fraction of sp³-hybridized carbons (Fsp3) is 0.321. The Morgan fingerprint density at radius 1 is 1.24 bits per heavy atom. The van der Waals surface area contributed by atoms with Gasteiger partial charge in [-0.2, -0.15) is 0 Å². The number of likely N-dealkylation sites (tertiary alicyclic amines) is 1. The van der Waals surface area contributed by atoms with Crippen molar-refractivity contribution in [1.82, 2.24) is 19.8 Å². The first kappa shape index (κ1) is 25.7. The molecular weight excluding hydrogens is 504 g/mol. The van der Waals surface area contributed by atoms with E-state index in [0.29, 0.717) is 28.5 Å². The zero-order valence-electron chi connectivity index (χ0n) is 21.2. The van der Waals surface area contributed by atoms with Crippen LogP contribution in [0, 0.1) is 18.8 Å². The monoisotopic (exact) mass is 532 g/mol. The molecule has 38 heavy (non-hydrogen) atoms. The van der Waals surface area contributed by atoms with Gasteiger partial charge in [-0.1, -0.05) is 11.8 Å². The fourth-order valence-corrected chi connectivity index (χ4v) is 5.84. The maximum absolute atomic E-state index is 13.3. The molecule has 4 heterocycles. The van der Waals surface area contributed by atoms with Crippen molar-refractivity contribution in [3.8, 4) is 23.3 Å². The van der Waals surface area contributed by atoms with Gasteiger partial charge in [-0.3, -0.25) is 14.3 Å². The second-order valence-electron chi connectivity index (χ2n) is 9.00. The van der Waals surface area contributed by atoms with Crippen LogP contribution < -0.4 is 10.1 Å². The first-order valence-corrected chi connectivity index (χ1v) is 13.1. The van der Waals surface area contributed by atoms with E-state index in [1.54, 1.807) is 23.9 Å². The van der Waals surface area contributed by atoms with Gasteiger partial charge in [-0.25, -0.2) is 4.79 Å². The number of nitrogens with one attached hydrogen (secondary N) is 1. The summed E-state index contributed by atoms with van der Waals surface area (Å²) in [6.45, 7) is 3.02. The number of hydrogen-bond donors (Lipinski definition) is 2. The van der Waals surface area contributed by atoms with Crippen molar-refractivity contribution < 1.29 is 24.2 Å². The Morgan fingerprint density at radius 2 is 2.11 bits per heavy atom. The molecule has 0 unspecified atom stereocenters. The van der Waals surface area contributed by atoms with Crippen molar-refractivity contribution in [3.05, 3.63) is 53.2 Å². The molecule has 5 rings (SSSR count). The Balaban J connectivity index is 1.38. The number of benzene rings is 1. The van der Waals surface area contributed by atoms with Gasteiger partial charge in [0.15, 0.2) is 0 Å². The largest absolute Gasteiger partial charge is 0.456 e. The summed E-state index contributed by atoms with van der Waals surface area (Å²) in [5, 5.41) is 12.3. The maximum Gasteiger partial charge on any atom is 0.327 e. The number of aryl methyl sites for hydroxylation is 1. The van der Waals surface area contributed by atoms with E-state index < -0.39 is 0 Å². The van der Waals surface area contributed by atoms with Crippen molar-refractivity contribution >= 4 is 44.4 Å². The molecule has 9 nitrogen and oxygen atoms in total. The normalized spacial score (nSPS) is 15.0. The summed E-state index contributed by atoms with van der Waals surface area (Å²) in [7, 11) is 1.66. The van der Waals surface area contributed by atoms with Gasteiger partial charge in [0.1, 0.15) is 18.1 Å². The standard InChI is InChI=1S/C28H28N4O5S/c1-18-14-19-15-21(7-8-23(19)32(18)28(35)30-10-3-4-13-33)37-24-9-11-29-22-16-25(38-26(22)24)27(34)31-12-5-6-20(31)17-36-2/h7-9,11,14-16,20,33H,5-6,10,12-13,17H2,1-2H3,(H,30,35)/t20-/m0/s1. The lowest BCUT2D eigenvalue weighted by molar-refractivity contribution is 0.0635. The smallest absolute Gasteiger partial charge is 0.327 e. The molecule has 1 aliphatic heterocycles. The van der Waals surface area contributed by atoms with Crippen LogP contribution in [0.2, 0.25) is 0 Å². The first-order chi connectivity index (χ1) is 18.5. The lowest BCUT2D eigenvalue weighted by Crippen LogP contribution is -2.37. The molecule has 2 amide bonds. The average Bonchev–Trinajstić information content (AvgIpc) is 3.63. The number of aliphatic hydroxyl groups excluding tert-OH is 1. The van der Waals surface area contributed by atoms with E-state index in [2.05, 4.69) is 22.1 Å². The van der Waals surface area contributed by atoms with E-state index >= 15 is 0 Å². The zero-order valence-corrected chi connectivity index (χ0v) is 22.0. The third-order valence-corrected chi connectivity index (χ3v) is 7.63. The van der Waals surface area contributed by atoms with Gasteiger partial charge in [0.25, 0.3) is 5.91 Å². The van der Waals surface area contributed by atoms with Crippen molar-refractivity contribution in [2.24, 2.45) is 0 Å². The first-order valence-electron chi connectivity index (χ1n) is 12.3. The number of hydrogen-bond acceptors (Lipinski definition) is 7. The summed E-state index contributed by atoms with van der Waals surface area (Å²) >= 11 is 1.38. The van der Waals surface area contributed by atoms with Crippen LogP contribution in [0.4, 0.5) is 4.79 Å². The van der Waals surface area contributed by atoms with Crippen LogP contribution in [0.15, 0.2) is 42.6 Å². The van der Waals surface area contributed by atoms with Gasteiger partial charge in [0.2, 0.25) is 0 Å². The molecule has 4 aromatic rings. The minimum absolute atomic E-state index is 0.00245. The van der Waals surface area contributed by atoms with Gasteiger partial charge in [-0.15, -0.1) is 11.3 Å². The van der Waals surface area contributed by atoms with Crippen molar-refractivity contribution in [2.75, 3.05) is 33.4 Å². The minimum atomic E-state index is -0.296. The van der Waals surface area contributed by atoms with Crippen LogP contribution in [-0.2, 0) is 4.74 Å². The Morgan fingerprint density at radius 3 is 2.92 bits per heavy atom. The van der Waals surface area contributed by atoms with Crippen LogP contribution in [0.5, 0.6) is 11.5 Å². The lowest BCUT2D eigenvalue weighted by atomic mass is 10.2. The second kappa shape index (κ2) is 11.2. The topological polar surface area (TPSA) is 106 Å². The van der Waals surface area contributed by atoms with E-state index in [-0.39, 0.29) is 31.1 Å². The summed E-state index contributed by atoms with van der Waals surface area (Å²) in [5.74, 6) is 6.41. The number of amides is 2. The van der Waals surface area contributed by atoms with Crippen LogP contribution in [0.1, 0.15) is 28.2 Å². The summed E-state index contributed by atoms with van der Waals surface area (Å²) in [6.07, 6.45) is 3.59. The molecule has 3 aromatic heterocycles. The van der Waals surface area contributed by atoms with Gasteiger partial charge in [0.05, 0.1) is 39.8 Å². The molecular formula is C28H28N4O5S. The number of methoxy groups -OCH3 is 1. The van der Waals surface area contributed by atoms with Crippen LogP contribution in [0.3, 0.4) is 0 Å². The highest BCUT2D eigenvalue weighted by atomic mass is 32.1. The number of ether oxygens (including phenoxy) is 2. The quantitative estimate of drug-likeness (QED) is 0.362. The highest BCUT2D eigenvalue weighted by Gasteiger charge is 2.30. The average molecular weight is 533 g/mol. The predicted octanol–water partition coefficient (Wildman–Crippen LogP) is 4.16. The molecule has 0 saturated carbocycles. The summed E-state index contributed by atoms with van der Waals surface area (Å²) in [4.78, 5) is 32.9. The number of fused-ring (bicyclic) bond motifs is 2. The molecule has 0 spiro atoms. The zero-order chi connectivity index (χ0) is 26.6. The molecule has 1 saturated heterocycles. The predicted molar refractivity (Wildman–Crippen MR) is 146 cm³/mol. The molecule has 1 fully saturated rings. The van der Waals surface area contributed by atoms with Crippen molar-refractivity contribution in [1.29, 1.82) is 0 Å². The Bertz CT molecular complexity index is 1560. The van der Waals surface area contributed by atoms with Crippen LogP contribution in [0.25, 0.3) is 21.1 Å². The fourth-order valence-electron chi connectivity index (χ4n) is 4.82. The number of carbonyl (C=O) groups is 2.